The van der Waals surface area contributed by atoms with Gasteiger partial charge in [-0.2, -0.15) is 0 Å². The number of carbonyl (C=O) groups excluding carboxylic acids is 1. The van der Waals surface area contributed by atoms with E-state index in [0.29, 0.717) is 5.70 Å². The van der Waals surface area contributed by atoms with Crippen molar-refractivity contribution in [2.45, 2.75) is 13.8 Å². The third-order valence-electron chi connectivity index (χ3n) is 2.10. The Kier molecular flexibility index (Phi) is 4.57. The summed E-state index contributed by atoms with van der Waals surface area (Å²) in [6, 6.07) is 3.30. The lowest BCUT2D eigenvalue weighted by Crippen LogP contribution is -2.24. The molecule has 1 N–H and O–H groups in total. The van der Waals surface area contributed by atoms with Gasteiger partial charge >= 0.3 is 0 Å². The zero-order chi connectivity index (χ0) is 12.8. The number of hydrogen-bond donors (Lipinski definition) is 1. The molecule has 0 aliphatic carbocycles. The number of amides is 1. The van der Waals surface area contributed by atoms with E-state index in [1.165, 1.54) is 6.07 Å². The molecule has 0 heterocycles. The van der Waals surface area contributed by atoms with E-state index in [4.69, 9.17) is 0 Å². The highest BCUT2D eigenvalue weighted by Gasteiger charge is 2.16. The van der Waals surface area contributed by atoms with Gasteiger partial charge in [-0.3, -0.25) is 4.79 Å². The van der Waals surface area contributed by atoms with Crippen LogP contribution in [0.5, 0.6) is 0 Å². The largest absolute Gasteiger partial charge is 0.322 e. The number of nitrogens with one attached hydrogen (secondary N) is 1. The van der Waals surface area contributed by atoms with Crippen molar-refractivity contribution in [3.05, 3.63) is 59.3 Å². The van der Waals surface area contributed by atoms with E-state index in [2.05, 4.69) is 5.32 Å². The minimum atomic E-state index is -0.876. The second-order valence-corrected chi connectivity index (χ2v) is 3.29. The topological polar surface area (TPSA) is 29.1 Å². The number of allylic oxidation sites excluding steroid dienone is 3. The maximum Gasteiger partial charge on any atom is 0.261 e. The molecule has 1 aromatic carbocycles. The SMILES string of the molecule is CC=CC(=CC)NC(=O)c1c(F)cccc1F. The van der Waals surface area contributed by atoms with Gasteiger partial charge in [-0.05, 0) is 32.1 Å². The van der Waals surface area contributed by atoms with Gasteiger partial charge in [-0.15, -0.1) is 0 Å². The van der Waals surface area contributed by atoms with Gasteiger partial charge in [-0.25, -0.2) is 8.78 Å². The van der Waals surface area contributed by atoms with Crippen LogP contribution in [0.4, 0.5) is 8.78 Å². The van der Waals surface area contributed by atoms with Gasteiger partial charge < -0.3 is 5.32 Å². The van der Waals surface area contributed by atoms with E-state index >= 15 is 0 Å². The van der Waals surface area contributed by atoms with Crippen molar-refractivity contribution in [2.75, 3.05) is 0 Å². The van der Waals surface area contributed by atoms with E-state index in [9.17, 15) is 13.6 Å². The van der Waals surface area contributed by atoms with Crippen LogP contribution in [-0.4, -0.2) is 5.91 Å². The summed E-state index contributed by atoms with van der Waals surface area (Å²) in [5.74, 6) is -2.55. The normalized spacial score (nSPS) is 11.9. The molecule has 17 heavy (non-hydrogen) atoms. The van der Waals surface area contributed by atoms with Gasteiger partial charge in [-0.1, -0.05) is 18.2 Å². The summed E-state index contributed by atoms with van der Waals surface area (Å²) < 4.78 is 26.6. The summed E-state index contributed by atoms with van der Waals surface area (Å²) in [7, 11) is 0. The van der Waals surface area contributed by atoms with Crippen LogP contribution in [0, 0.1) is 11.6 Å². The van der Waals surface area contributed by atoms with Crippen LogP contribution >= 0.6 is 0 Å². The first-order chi connectivity index (χ1) is 8.10. The Labute approximate surface area is 98.6 Å². The van der Waals surface area contributed by atoms with Crippen molar-refractivity contribution in [3.8, 4) is 0 Å². The van der Waals surface area contributed by atoms with E-state index in [1.807, 2.05) is 0 Å². The summed E-state index contributed by atoms with van der Waals surface area (Å²) in [6.45, 7) is 3.49. The van der Waals surface area contributed by atoms with E-state index in [-0.39, 0.29) is 0 Å². The Morgan fingerprint density at radius 3 is 2.29 bits per heavy atom. The molecule has 0 fully saturated rings. The molecule has 0 aromatic heterocycles. The molecule has 0 saturated carbocycles. The molecule has 0 aliphatic rings. The van der Waals surface area contributed by atoms with E-state index < -0.39 is 23.1 Å². The first-order valence-electron chi connectivity index (χ1n) is 5.14. The Bertz CT molecular complexity index is 458. The molecule has 0 aliphatic heterocycles. The summed E-state index contributed by atoms with van der Waals surface area (Å²) in [5, 5.41) is 2.42. The predicted molar refractivity (Wildman–Crippen MR) is 62.4 cm³/mol. The molecule has 0 spiro atoms. The molecule has 0 radical (unpaired) electrons. The Morgan fingerprint density at radius 1 is 1.24 bits per heavy atom. The molecule has 2 nitrogen and oxygen atoms in total. The minimum absolute atomic E-state index is 0.486. The Morgan fingerprint density at radius 2 is 1.82 bits per heavy atom. The Balaban J connectivity index is 2.98. The molecule has 1 rings (SSSR count). The lowest BCUT2D eigenvalue weighted by molar-refractivity contribution is 0.0959. The maximum absolute atomic E-state index is 13.3. The molecule has 0 unspecified atom stereocenters. The van der Waals surface area contributed by atoms with Crippen LogP contribution in [-0.2, 0) is 0 Å². The van der Waals surface area contributed by atoms with Crippen molar-refractivity contribution in [1.29, 1.82) is 0 Å². The zero-order valence-electron chi connectivity index (χ0n) is 9.63. The summed E-state index contributed by atoms with van der Waals surface area (Å²) in [5.41, 5.74) is -0.0866. The van der Waals surface area contributed by atoms with Crippen molar-refractivity contribution in [1.82, 2.24) is 5.32 Å². The van der Waals surface area contributed by atoms with Gasteiger partial charge in [0.15, 0.2) is 0 Å². The van der Waals surface area contributed by atoms with Crippen molar-refractivity contribution in [2.24, 2.45) is 0 Å². The fourth-order valence-electron chi connectivity index (χ4n) is 1.30. The van der Waals surface area contributed by atoms with Crippen molar-refractivity contribution < 1.29 is 13.6 Å². The van der Waals surface area contributed by atoms with Crippen LogP contribution in [0.3, 0.4) is 0 Å². The summed E-state index contributed by atoms with van der Waals surface area (Å²) >= 11 is 0. The molecular formula is C13H13F2NO. The number of hydrogen-bond acceptors (Lipinski definition) is 1. The number of benzene rings is 1. The standard InChI is InChI=1S/C13H13F2NO/c1-3-6-9(4-2)16-13(17)12-10(14)7-5-8-11(12)15/h3-8H,1-2H3,(H,16,17). The van der Waals surface area contributed by atoms with Gasteiger partial charge in [0, 0.05) is 5.70 Å². The number of rotatable bonds is 3. The Hall–Kier alpha value is -1.97. The first kappa shape index (κ1) is 13.1. The van der Waals surface area contributed by atoms with Crippen LogP contribution in [0.15, 0.2) is 42.1 Å². The molecular weight excluding hydrogens is 224 g/mol. The highest BCUT2D eigenvalue weighted by Crippen LogP contribution is 2.12. The van der Waals surface area contributed by atoms with Crippen LogP contribution in [0.1, 0.15) is 24.2 Å². The highest BCUT2D eigenvalue weighted by molar-refractivity contribution is 5.96. The molecule has 1 amide bonds. The monoisotopic (exact) mass is 237 g/mol. The van der Waals surface area contributed by atoms with Crippen LogP contribution < -0.4 is 5.32 Å². The predicted octanol–water partition coefficient (Wildman–Crippen LogP) is 3.17. The smallest absolute Gasteiger partial charge is 0.261 e. The van der Waals surface area contributed by atoms with E-state index in [1.54, 1.807) is 32.1 Å². The molecule has 0 atom stereocenters. The van der Waals surface area contributed by atoms with Gasteiger partial charge in [0.2, 0.25) is 0 Å². The van der Waals surface area contributed by atoms with Gasteiger partial charge in [0.05, 0.1) is 0 Å². The molecule has 4 heteroatoms. The number of carbonyl (C=O) groups is 1. The molecule has 1 aromatic rings. The first-order valence-corrected chi connectivity index (χ1v) is 5.14. The average Bonchev–Trinajstić information content (AvgIpc) is 2.28. The maximum atomic E-state index is 13.3. The summed E-state index contributed by atoms with van der Waals surface area (Å²) in [6.07, 6.45) is 4.99. The van der Waals surface area contributed by atoms with E-state index in [0.717, 1.165) is 12.1 Å². The van der Waals surface area contributed by atoms with Crippen LogP contribution in [0.25, 0.3) is 0 Å². The third kappa shape index (κ3) is 3.24. The molecule has 0 bridgehead atoms. The van der Waals surface area contributed by atoms with Gasteiger partial charge in [0.25, 0.3) is 5.91 Å². The zero-order valence-corrected chi connectivity index (χ0v) is 9.63. The quantitative estimate of drug-likeness (QED) is 0.804. The number of halogens is 2. The lowest BCUT2D eigenvalue weighted by atomic mass is 10.2. The average molecular weight is 237 g/mol. The third-order valence-corrected chi connectivity index (χ3v) is 2.10. The fourth-order valence-corrected chi connectivity index (χ4v) is 1.30. The second kappa shape index (κ2) is 5.94. The fraction of sp³-hybridized carbons (Fsp3) is 0.154. The van der Waals surface area contributed by atoms with Gasteiger partial charge in [0.1, 0.15) is 17.2 Å². The van der Waals surface area contributed by atoms with Crippen molar-refractivity contribution >= 4 is 5.91 Å². The molecule has 90 valence electrons. The van der Waals surface area contributed by atoms with Crippen LogP contribution in [0.2, 0.25) is 0 Å². The summed E-state index contributed by atoms with van der Waals surface area (Å²) in [4.78, 5) is 11.7. The van der Waals surface area contributed by atoms with Crippen molar-refractivity contribution in [3.63, 3.8) is 0 Å². The molecule has 0 saturated heterocycles. The minimum Gasteiger partial charge on any atom is -0.322 e. The highest BCUT2D eigenvalue weighted by atomic mass is 19.1. The second-order valence-electron chi connectivity index (χ2n) is 3.29. The lowest BCUT2D eigenvalue weighted by Gasteiger charge is -2.07.